The van der Waals surface area contributed by atoms with Crippen molar-refractivity contribution in [2.75, 3.05) is 5.73 Å². The normalized spacial score (nSPS) is 16.4. The Labute approximate surface area is 141 Å². The van der Waals surface area contributed by atoms with Gasteiger partial charge < -0.3 is 10.3 Å². The number of benzene rings is 1. The van der Waals surface area contributed by atoms with Gasteiger partial charge in [0.2, 0.25) is 0 Å². The van der Waals surface area contributed by atoms with Crippen LogP contribution in [-0.2, 0) is 6.42 Å². The zero-order valence-electron chi connectivity index (χ0n) is 14.3. The van der Waals surface area contributed by atoms with Crippen LogP contribution in [0.4, 0.5) is 5.82 Å². The van der Waals surface area contributed by atoms with E-state index in [1.165, 1.54) is 0 Å². The van der Waals surface area contributed by atoms with Crippen molar-refractivity contribution in [1.82, 2.24) is 9.55 Å². The van der Waals surface area contributed by atoms with Gasteiger partial charge in [0.1, 0.15) is 5.82 Å². The van der Waals surface area contributed by atoms with E-state index in [-0.39, 0.29) is 11.2 Å². The average Bonchev–Trinajstić information content (AvgIpc) is 2.82. The molecule has 0 aliphatic heterocycles. The molecule has 0 atom stereocenters. The number of hydrogen-bond acceptors (Lipinski definition) is 3. The fraction of sp³-hybridized carbons (Fsp3) is 0.300. The average molecular weight is 319 g/mol. The molecule has 0 saturated carbocycles. The van der Waals surface area contributed by atoms with Crippen molar-refractivity contribution in [2.45, 2.75) is 33.6 Å². The van der Waals surface area contributed by atoms with Gasteiger partial charge in [-0.2, -0.15) is 0 Å². The summed E-state index contributed by atoms with van der Waals surface area (Å²) in [5.74, 6) is 0.799. The minimum Gasteiger partial charge on any atom is -0.383 e. The fourth-order valence-corrected chi connectivity index (χ4v) is 3.85. The van der Waals surface area contributed by atoms with Crippen molar-refractivity contribution < 1.29 is 4.79 Å². The van der Waals surface area contributed by atoms with Gasteiger partial charge in [-0.3, -0.25) is 4.79 Å². The number of pyridine rings is 1. The summed E-state index contributed by atoms with van der Waals surface area (Å²) in [5, 5.41) is 2.01. The van der Waals surface area contributed by atoms with Crippen molar-refractivity contribution in [3.63, 3.8) is 0 Å². The van der Waals surface area contributed by atoms with Crippen LogP contribution in [0, 0.1) is 12.3 Å². The summed E-state index contributed by atoms with van der Waals surface area (Å²) in [6, 6.07) is 8.13. The lowest BCUT2D eigenvalue weighted by atomic mass is 9.75. The number of ketones is 1. The van der Waals surface area contributed by atoms with Crippen LogP contribution < -0.4 is 5.73 Å². The van der Waals surface area contributed by atoms with Gasteiger partial charge in [0.05, 0.1) is 0 Å². The molecule has 0 amide bonds. The van der Waals surface area contributed by atoms with E-state index in [0.29, 0.717) is 12.2 Å². The van der Waals surface area contributed by atoms with E-state index in [9.17, 15) is 4.79 Å². The lowest BCUT2D eigenvalue weighted by Crippen LogP contribution is -2.28. The van der Waals surface area contributed by atoms with Crippen LogP contribution in [0.5, 0.6) is 0 Å². The van der Waals surface area contributed by atoms with Gasteiger partial charge in [-0.15, -0.1) is 0 Å². The lowest BCUT2D eigenvalue weighted by molar-refractivity contribution is 0.0910. The number of aryl methyl sites for hydroxylation is 1. The summed E-state index contributed by atoms with van der Waals surface area (Å²) < 4.78 is 2.17. The summed E-state index contributed by atoms with van der Waals surface area (Å²) >= 11 is 0. The third-order valence-corrected chi connectivity index (χ3v) is 4.92. The van der Waals surface area contributed by atoms with Gasteiger partial charge in [0.15, 0.2) is 5.78 Å². The highest BCUT2D eigenvalue weighted by molar-refractivity contribution is 6.00. The largest absolute Gasteiger partial charge is 0.383 e. The second-order valence-electron chi connectivity index (χ2n) is 7.55. The van der Waals surface area contributed by atoms with Crippen molar-refractivity contribution in [3.8, 4) is 5.69 Å². The van der Waals surface area contributed by atoms with Crippen molar-refractivity contribution >= 4 is 22.4 Å². The molecule has 1 aliphatic rings. The Bertz CT molecular complexity index is 982. The number of nitrogens with two attached hydrogens (primary N) is 1. The number of aromatic nitrogens is 2. The Morgan fingerprint density at radius 1 is 1.21 bits per heavy atom. The molecule has 4 nitrogen and oxygen atoms in total. The molecule has 2 aromatic heterocycles. The molecule has 0 bridgehead atoms. The summed E-state index contributed by atoms with van der Waals surface area (Å²) in [7, 11) is 0. The molecular weight excluding hydrogens is 298 g/mol. The Hall–Kier alpha value is -2.62. The number of fused-ring (bicyclic) bond motifs is 2. The molecule has 24 heavy (non-hydrogen) atoms. The Balaban J connectivity index is 1.92. The quantitative estimate of drug-likeness (QED) is 0.735. The minimum absolute atomic E-state index is 0.00216. The minimum atomic E-state index is -0.00216. The predicted molar refractivity (Wildman–Crippen MR) is 96.7 cm³/mol. The molecular formula is C20H21N3O. The van der Waals surface area contributed by atoms with Crippen molar-refractivity contribution in [2.24, 2.45) is 5.41 Å². The van der Waals surface area contributed by atoms with Crippen LogP contribution in [-0.4, -0.2) is 15.3 Å². The van der Waals surface area contributed by atoms with E-state index in [2.05, 4.69) is 35.7 Å². The van der Waals surface area contributed by atoms with Gasteiger partial charge in [-0.1, -0.05) is 13.8 Å². The molecule has 0 saturated heterocycles. The smallest absolute Gasteiger partial charge is 0.165 e. The number of Topliss-reactive ketones (excluding diaryl/α,β-unsaturated/α-hetero) is 1. The molecule has 1 aliphatic carbocycles. The maximum atomic E-state index is 12.6. The Morgan fingerprint density at radius 2 is 2.00 bits per heavy atom. The second kappa shape index (κ2) is 4.94. The Kier molecular flexibility index (Phi) is 3.07. The fourth-order valence-electron chi connectivity index (χ4n) is 3.85. The number of rotatable bonds is 1. The van der Waals surface area contributed by atoms with E-state index >= 15 is 0 Å². The van der Waals surface area contributed by atoms with E-state index in [4.69, 9.17) is 5.73 Å². The SMILES string of the molecule is Cc1cn(-c2ccc3c(N)nccc3c2)c2c1C(=O)CC(C)(C)C2. The summed E-state index contributed by atoms with van der Waals surface area (Å²) in [5.41, 5.74) is 10.1. The first-order valence-corrected chi connectivity index (χ1v) is 8.24. The van der Waals surface area contributed by atoms with Crippen LogP contribution in [0.3, 0.4) is 0 Å². The highest BCUT2D eigenvalue weighted by atomic mass is 16.1. The van der Waals surface area contributed by atoms with Crippen molar-refractivity contribution in [3.05, 3.63) is 53.5 Å². The van der Waals surface area contributed by atoms with Crippen LogP contribution in [0.1, 0.15) is 41.9 Å². The predicted octanol–water partition coefficient (Wildman–Crippen LogP) is 4.07. The molecule has 122 valence electrons. The van der Waals surface area contributed by atoms with Gasteiger partial charge in [-0.05, 0) is 54.0 Å². The highest BCUT2D eigenvalue weighted by Gasteiger charge is 2.34. The Morgan fingerprint density at radius 3 is 2.79 bits per heavy atom. The van der Waals surface area contributed by atoms with Gasteiger partial charge in [0.25, 0.3) is 0 Å². The molecule has 0 radical (unpaired) electrons. The van der Waals surface area contributed by atoms with Crippen LogP contribution >= 0.6 is 0 Å². The lowest BCUT2D eigenvalue weighted by Gasteiger charge is -2.30. The van der Waals surface area contributed by atoms with Crippen molar-refractivity contribution in [1.29, 1.82) is 0 Å². The second-order valence-corrected chi connectivity index (χ2v) is 7.55. The first-order valence-electron chi connectivity index (χ1n) is 8.24. The first-order chi connectivity index (χ1) is 11.4. The number of hydrogen-bond donors (Lipinski definition) is 1. The zero-order valence-corrected chi connectivity index (χ0v) is 14.3. The maximum absolute atomic E-state index is 12.6. The van der Waals surface area contributed by atoms with Gasteiger partial charge in [-0.25, -0.2) is 4.98 Å². The van der Waals surface area contributed by atoms with Crippen LogP contribution in [0.25, 0.3) is 16.5 Å². The van der Waals surface area contributed by atoms with Gasteiger partial charge in [0, 0.05) is 41.1 Å². The number of nitrogens with zero attached hydrogens (tertiary/aromatic N) is 2. The van der Waals surface area contributed by atoms with E-state index in [1.54, 1.807) is 6.20 Å². The maximum Gasteiger partial charge on any atom is 0.165 e. The molecule has 2 N–H and O–H groups in total. The molecule has 2 heterocycles. The molecule has 3 aromatic rings. The molecule has 0 fully saturated rings. The van der Waals surface area contributed by atoms with Gasteiger partial charge >= 0.3 is 0 Å². The summed E-state index contributed by atoms with van der Waals surface area (Å²) in [6.07, 6.45) is 5.32. The third-order valence-electron chi connectivity index (χ3n) is 4.92. The highest BCUT2D eigenvalue weighted by Crippen LogP contribution is 2.38. The molecule has 4 rings (SSSR count). The number of anilines is 1. The zero-order chi connectivity index (χ0) is 17.1. The van der Waals surface area contributed by atoms with Crippen LogP contribution in [0.2, 0.25) is 0 Å². The summed E-state index contributed by atoms with van der Waals surface area (Å²) in [4.78, 5) is 16.7. The van der Waals surface area contributed by atoms with E-state index in [0.717, 1.165) is 39.7 Å². The molecule has 4 heteroatoms. The topological polar surface area (TPSA) is 60.9 Å². The molecule has 0 unspecified atom stereocenters. The standard InChI is InChI=1S/C20H21N3O/c1-12-11-23(16-9-20(2,3)10-17(24)18(12)16)14-4-5-15-13(8-14)6-7-22-19(15)21/h4-8,11H,9-10H2,1-3H3,(H2,21,22). The number of nitrogen functional groups attached to an aromatic ring is 1. The first kappa shape index (κ1) is 14.9. The number of carbonyl (C=O) groups is 1. The third kappa shape index (κ3) is 2.21. The summed E-state index contributed by atoms with van der Waals surface area (Å²) in [6.45, 7) is 6.34. The number of carbonyl (C=O) groups excluding carboxylic acids is 1. The molecule has 1 aromatic carbocycles. The monoisotopic (exact) mass is 319 g/mol. The van der Waals surface area contributed by atoms with Crippen LogP contribution in [0.15, 0.2) is 36.7 Å². The van der Waals surface area contributed by atoms with E-state index < -0.39 is 0 Å². The van der Waals surface area contributed by atoms with E-state index in [1.807, 2.05) is 25.1 Å². The molecule has 0 spiro atoms.